The van der Waals surface area contributed by atoms with Crippen molar-refractivity contribution < 1.29 is 9.53 Å². The van der Waals surface area contributed by atoms with Gasteiger partial charge in [-0.15, -0.1) is 0 Å². The summed E-state index contributed by atoms with van der Waals surface area (Å²) in [6.07, 6.45) is 3.47. The molecule has 1 aromatic carbocycles. The predicted octanol–water partition coefficient (Wildman–Crippen LogP) is 2.61. The summed E-state index contributed by atoms with van der Waals surface area (Å²) in [5.74, 6) is 0.653. The van der Waals surface area contributed by atoms with Gasteiger partial charge >= 0.3 is 0 Å². The summed E-state index contributed by atoms with van der Waals surface area (Å²) >= 11 is 3.54. The Morgan fingerprint density at radius 3 is 2.95 bits per heavy atom. The molecule has 1 aromatic rings. The minimum atomic E-state index is -0.0765. The van der Waals surface area contributed by atoms with Crippen LogP contribution >= 0.6 is 15.9 Å². The number of hydrogen-bond donors (Lipinski definition) is 2. The van der Waals surface area contributed by atoms with Crippen molar-refractivity contribution in [2.24, 2.45) is 0 Å². The van der Waals surface area contributed by atoms with E-state index >= 15 is 0 Å². The molecule has 1 aliphatic rings. The van der Waals surface area contributed by atoms with Crippen molar-refractivity contribution in [2.75, 3.05) is 13.2 Å². The van der Waals surface area contributed by atoms with E-state index in [1.165, 1.54) is 12.8 Å². The summed E-state index contributed by atoms with van der Waals surface area (Å²) in [4.78, 5) is 11.5. The highest BCUT2D eigenvalue weighted by Crippen LogP contribution is 2.25. The van der Waals surface area contributed by atoms with Crippen LogP contribution in [0.25, 0.3) is 0 Å². The molecule has 5 heteroatoms. The van der Waals surface area contributed by atoms with Crippen LogP contribution in [0.1, 0.15) is 31.7 Å². The minimum Gasteiger partial charge on any atom is -0.484 e. The van der Waals surface area contributed by atoms with E-state index in [2.05, 4.69) is 26.6 Å². The van der Waals surface area contributed by atoms with Crippen LogP contribution in [0.3, 0.4) is 0 Å². The molecule has 0 spiro atoms. The number of carbonyl (C=O) groups excluding carboxylic acids is 1. The second-order valence-electron chi connectivity index (χ2n) is 5.05. The zero-order chi connectivity index (χ0) is 14.4. The van der Waals surface area contributed by atoms with Crippen LogP contribution in [0, 0.1) is 0 Å². The lowest BCUT2D eigenvalue weighted by molar-refractivity contribution is -0.123. The van der Waals surface area contributed by atoms with Crippen molar-refractivity contribution >= 4 is 21.8 Å². The molecule has 1 fully saturated rings. The SMILES string of the molecule is CCCNC(=O)COc1ccc(Br)c(CNC2CC2)c1. The van der Waals surface area contributed by atoms with Crippen molar-refractivity contribution in [3.05, 3.63) is 28.2 Å². The number of hydrogen-bond acceptors (Lipinski definition) is 3. The molecule has 1 saturated carbocycles. The lowest BCUT2D eigenvalue weighted by Gasteiger charge is -2.10. The minimum absolute atomic E-state index is 0.0666. The van der Waals surface area contributed by atoms with Crippen LogP contribution < -0.4 is 15.4 Å². The monoisotopic (exact) mass is 340 g/mol. The lowest BCUT2D eigenvalue weighted by atomic mass is 10.2. The molecule has 0 bridgehead atoms. The third-order valence-electron chi connectivity index (χ3n) is 3.12. The summed E-state index contributed by atoms with van der Waals surface area (Å²) in [6, 6.07) is 6.49. The van der Waals surface area contributed by atoms with E-state index in [0.29, 0.717) is 12.6 Å². The standard InChI is InChI=1S/C15H21BrN2O2/c1-2-7-17-15(19)10-20-13-5-6-14(16)11(8-13)9-18-12-3-4-12/h5-6,8,12,18H,2-4,7,9-10H2,1H3,(H,17,19). The van der Waals surface area contributed by atoms with E-state index < -0.39 is 0 Å². The third kappa shape index (κ3) is 5.13. The summed E-state index contributed by atoms with van der Waals surface area (Å²) in [5.41, 5.74) is 1.16. The highest BCUT2D eigenvalue weighted by atomic mass is 79.9. The zero-order valence-electron chi connectivity index (χ0n) is 11.7. The van der Waals surface area contributed by atoms with Crippen LogP contribution in [0.4, 0.5) is 0 Å². The molecule has 1 amide bonds. The van der Waals surface area contributed by atoms with E-state index in [4.69, 9.17) is 4.74 Å². The summed E-state index contributed by atoms with van der Waals surface area (Å²) in [7, 11) is 0. The van der Waals surface area contributed by atoms with Crippen molar-refractivity contribution in [1.29, 1.82) is 0 Å². The average Bonchev–Trinajstić information content (AvgIpc) is 3.27. The highest BCUT2D eigenvalue weighted by molar-refractivity contribution is 9.10. The zero-order valence-corrected chi connectivity index (χ0v) is 13.3. The van der Waals surface area contributed by atoms with Crippen molar-refractivity contribution in [3.63, 3.8) is 0 Å². The number of rotatable bonds is 8. The first-order valence-corrected chi connectivity index (χ1v) is 7.89. The number of amides is 1. The molecule has 110 valence electrons. The van der Waals surface area contributed by atoms with Gasteiger partial charge in [0.15, 0.2) is 6.61 Å². The molecule has 0 radical (unpaired) electrons. The predicted molar refractivity (Wildman–Crippen MR) is 82.8 cm³/mol. The Labute approximate surface area is 128 Å². The Balaban J connectivity index is 1.84. The van der Waals surface area contributed by atoms with Crippen LogP contribution in [-0.4, -0.2) is 25.1 Å². The molecular weight excluding hydrogens is 320 g/mol. The van der Waals surface area contributed by atoms with Crippen molar-refractivity contribution in [3.8, 4) is 5.75 Å². The molecule has 0 atom stereocenters. The topological polar surface area (TPSA) is 50.4 Å². The molecule has 0 saturated heterocycles. The molecule has 0 aliphatic heterocycles. The van der Waals surface area contributed by atoms with Gasteiger partial charge in [0.05, 0.1) is 0 Å². The Morgan fingerprint density at radius 1 is 1.45 bits per heavy atom. The Bertz CT molecular complexity index is 461. The molecule has 0 heterocycles. The smallest absolute Gasteiger partial charge is 0.257 e. The van der Waals surface area contributed by atoms with E-state index in [0.717, 1.165) is 28.8 Å². The van der Waals surface area contributed by atoms with Gasteiger partial charge in [0.25, 0.3) is 5.91 Å². The molecule has 1 aliphatic carbocycles. The maximum atomic E-state index is 11.5. The first-order chi connectivity index (χ1) is 9.69. The van der Waals surface area contributed by atoms with Gasteiger partial charge in [-0.1, -0.05) is 22.9 Å². The molecular formula is C15H21BrN2O2. The van der Waals surface area contributed by atoms with Gasteiger partial charge < -0.3 is 15.4 Å². The number of ether oxygens (including phenoxy) is 1. The molecule has 2 rings (SSSR count). The maximum absolute atomic E-state index is 11.5. The summed E-state index contributed by atoms with van der Waals surface area (Å²) in [5, 5.41) is 6.26. The van der Waals surface area contributed by atoms with E-state index in [1.54, 1.807) is 0 Å². The fourth-order valence-corrected chi connectivity index (χ4v) is 2.17. The van der Waals surface area contributed by atoms with Gasteiger partial charge in [-0.3, -0.25) is 4.79 Å². The number of carbonyl (C=O) groups is 1. The van der Waals surface area contributed by atoms with E-state index in [-0.39, 0.29) is 12.5 Å². The van der Waals surface area contributed by atoms with Gasteiger partial charge in [0, 0.05) is 23.6 Å². The third-order valence-corrected chi connectivity index (χ3v) is 3.89. The molecule has 4 nitrogen and oxygen atoms in total. The van der Waals surface area contributed by atoms with Crippen LogP contribution in [0.15, 0.2) is 22.7 Å². The number of nitrogens with one attached hydrogen (secondary N) is 2. The average molecular weight is 341 g/mol. The van der Waals surface area contributed by atoms with Crippen LogP contribution in [-0.2, 0) is 11.3 Å². The molecule has 0 unspecified atom stereocenters. The Hall–Kier alpha value is -1.07. The van der Waals surface area contributed by atoms with Crippen LogP contribution in [0.2, 0.25) is 0 Å². The summed E-state index contributed by atoms with van der Waals surface area (Å²) < 4.78 is 6.59. The fraction of sp³-hybridized carbons (Fsp3) is 0.533. The van der Waals surface area contributed by atoms with Gasteiger partial charge in [-0.2, -0.15) is 0 Å². The number of benzene rings is 1. The first kappa shape index (κ1) is 15.3. The molecule has 20 heavy (non-hydrogen) atoms. The van der Waals surface area contributed by atoms with Gasteiger partial charge in [0.2, 0.25) is 0 Å². The lowest BCUT2D eigenvalue weighted by Crippen LogP contribution is -2.29. The van der Waals surface area contributed by atoms with Crippen molar-refractivity contribution in [1.82, 2.24) is 10.6 Å². The molecule has 2 N–H and O–H groups in total. The van der Waals surface area contributed by atoms with E-state index in [1.807, 2.05) is 25.1 Å². The second-order valence-corrected chi connectivity index (χ2v) is 5.90. The van der Waals surface area contributed by atoms with Crippen LogP contribution in [0.5, 0.6) is 5.75 Å². The van der Waals surface area contributed by atoms with E-state index in [9.17, 15) is 4.79 Å². The normalized spacial score (nSPS) is 14.1. The number of halogens is 1. The summed E-state index contributed by atoms with van der Waals surface area (Å²) in [6.45, 7) is 3.61. The quantitative estimate of drug-likeness (QED) is 0.764. The Morgan fingerprint density at radius 2 is 2.25 bits per heavy atom. The largest absolute Gasteiger partial charge is 0.484 e. The highest BCUT2D eigenvalue weighted by Gasteiger charge is 2.20. The van der Waals surface area contributed by atoms with Gasteiger partial charge in [-0.25, -0.2) is 0 Å². The Kier molecular flexibility index (Phi) is 5.86. The van der Waals surface area contributed by atoms with Gasteiger partial charge in [0.1, 0.15) is 5.75 Å². The maximum Gasteiger partial charge on any atom is 0.257 e. The second kappa shape index (κ2) is 7.64. The fourth-order valence-electron chi connectivity index (χ4n) is 1.78. The molecule has 0 aromatic heterocycles. The van der Waals surface area contributed by atoms with Gasteiger partial charge in [-0.05, 0) is 43.0 Å². The first-order valence-electron chi connectivity index (χ1n) is 7.10. The van der Waals surface area contributed by atoms with Crippen molar-refractivity contribution in [2.45, 2.75) is 38.8 Å².